The molecule has 0 aliphatic carbocycles. The third kappa shape index (κ3) is 2.81. The molecule has 0 aromatic heterocycles. The molecule has 0 bridgehead atoms. The van der Waals surface area contributed by atoms with E-state index in [0.29, 0.717) is 0 Å². The zero-order valence-electron chi connectivity index (χ0n) is 9.40. The van der Waals surface area contributed by atoms with Gasteiger partial charge in [-0.3, -0.25) is 9.59 Å². The molecule has 90 valence electrons. The van der Waals surface area contributed by atoms with Crippen molar-refractivity contribution in [3.05, 3.63) is 34.9 Å². The molecule has 2 amide bonds. The number of carbonyl (C=O) groups excluding carboxylic acids is 2. The SMILES string of the molecule is CNC(=O)c1cc(C(=O)O)cc(C(=O)NC)c1. The van der Waals surface area contributed by atoms with Crippen LogP contribution in [0.25, 0.3) is 0 Å². The molecular weight excluding hydrogens is 224 g/mol. The highest BCUT2D eigenvalue weighted by molar-refractivity contribution is 6.02. The van der Waals surface area contributed by atoms with Gasteiger partial charge in [-0.05, 0) is 18.2 Å². The average molecular weight is 236 g/mol. The van der Waals surface area contributed by atoms with Gasteiger partial charge in [-0.25, -0.2) is 4.79 Å². The van der Waals surface area contributed by atoms with Crippen molar-refractivity contribution in [3.63, 3.8) is 0 Å². The summed E-state index contributed by atoms with van der Waals surface area (Å²) in [5, 5.41) is 13.6. The van der Waals surface area contributed by atoms with E-state index in [-0.39, 0.29) is 16.7 Å². The number of carboxylic acid groups (broad SMARTS) is 1. The number of hydrogen-bond acceptors (Lipinski definition) is 3. The number of benzene rings is 1. The number of carbonyl (C=O) groups is 3. The summed E-state index contributed by atoms with van der Waals surface area (Å²) in [6.07, 6.45) is 0. The van der Waals surface area contributed by atoms with Gasteiger partial charge in [0.1, 0.15) is 0 Å². The number of aromatic carboxylic acids is 1. The Labute approximate surface area is 97.6 Å². The van der Waals surface area contributed by atoms with Crippen molar-refractivity contribution in [2.45, 2.75) is 0 Å². The van der Waals surface area contributed by atoms with Gasteiger partial charge < -0.3 is 15.7 Å². The molecule has 3 N–H and O–H groups in total. The lowest BCUT2D eigenvalue weighted by atomic mass is 10.0. The van der Waals surface area contributed by atoms with Crippen molar-refractivity contribution in [1.29, 1.82) is 0 Å². The fraction of sp³-hybridized carbons (Fsp3) is 0.182. The van der Waals surface area contributed by atoms with Gasteiger partial charge in [0, 0.05) is 25.2 Å². The highest BCUT2D eigenvalue weighted by Gasteiger charge is 2.14. The molecule has 0 aliphatic rings. The van der Waals surface area contributed by atoms with Crippen molar-refractivity contribution in [2.75, 3.05) is 14.1 Å². The summed E-state index contributed by atoms with van der Waals surface area (Å²) in [6, 6.07) is 3.77. The van der Waals surface area contributed by atoms with Crippen molar-refractivity contribution in [2.24, 2.45) is 0 Å². The molecule has 1 aromatic rings. The van der Waals surface area contributed by atoms with E-state index in [1.807, 2.05) is 0 Å². The average Bonchev–Trinajstić information content (AvgIpc) is 2.36. The molecule has 0 fully saturated rings. The first-order valence-corrected chi connectivity index (χ1v) is 4.82. The largest absolute Gasteiger partial charge is 0.478 e. The van der Waals surface area contributed by atoms with Crippen LogP contribution >= 0.6 is 0 Å². The summed E-state index contributed by atoms with van der Waals surface area (Å²) >= 11 is 0. The van der Waals surface area contributed by atoms with Crippen molar-refractivity contribution < 1.29 is 19.5 Å². The summed E-state index contributed by atoms with van der Waals surface area (Å²) in [4.78, 5) is 33.7. The maximum absolute atomic E-state index is 11.4. The molecule has 6 nitrogen and oxygen atoms in total. The Kier molecular flexibility index (Phi) is 3.82. The van der Waals surface area contributed by atoms with Gasteiger partial charge in [0.05, 0.1) is 5.56 Å². The normalized spacial score (nSPS) is 9.53. The highest BCUT2D eigenvalue weighted by atomic mass is 16.4. The Morgan fingerprint density at radius 2 is 1.24 bits per heavy atom. The van der Waals surface area contributed by atoms with Crippen LogP contribution in [0.5, 0.6) is 0 Å². The first kappa shape index (κ1) is 12.7. The fourth-order valence-corrected chi connectivity index (χ4v) is 1.30. The molecule has 6 heteroatoms. The Morgan fingerprint density at radius 1 is 0.882 bits per heavy atom. The zero-order valence-corrected chi connectivity index (χ0v) is 9.40. The van der Waals surface area contributed by atoms with Gasteiger partial charge in [-0.2, -0.15) is 0 Å². The lowest BCUT2D eigenvalue weighted by molar-refractivity contribution is 0.0697. The van der Waals surface area contributed by atoms with E-state index in [9.17, 15) is 14.4 Å². The van der Waals surface area contributed by atoms with Gasteiger partial charge in [-0.1, -0.05) is 0 Å². The second-order valence-electron chi connectivity index (χ2n) is 3.26. The molecule has 0 saturated carbocycles. The second kappa shape index (κ2) is 5.11. The maximum Gasteiger partial charge on any atom is 0.335 e. The molecule has 1 aromatic carbocycles. The zero-order chi connectivity index (χ0) is 13.0. The van der Waals surface area contributed by atoms with Gasteiger partial charge in [-0.15, -0.1) is 0 Å². The van der Waals surface area contributed by atoms with Crippen LogP contribution in [0.4, 0.5) is 0 Å². The summed E-state index contributed by atoms with van der Waals surface area (Å²) in [5.74, 6) is -2.09. The monoisotopic (exact) mass is 236 g/mol. The molecule has 0 spiro atoms. The van der Waals surface area contributed by atoms with Crippen LogP contribution in [0.1, 0.15) is 31.1 Å². The minimum atomic E-state index is -1.19. The lowest BCUT2D eigenvalue weighted by Gasteiger charge is -2.06. The smallest absolute Gasteiger partial charge is 0.335 e. The van der Waals surface area contributed by atoms with Gasteiger partial charge >= 0.3 is 5.97 Å². The number of amides is 2. The van der Waals surface area contributed by atoms with E-state index < -0.39 is 17.8 Å². The number of hydrogen-bond donors (Lipinski definition) is 3. The van der Waals surface area contributed by atoms with Crippen LogP contribution in [0.15, 0.2) is 18.2 Å². The van der Waals surface area contributed by atoms with Crippen LogP contribution in [0, 0.1) is 0 Å². The highest BCUT2D eigenvalue weighted by Crippen LogP contribution is 2.11. The molecule has 1 rings (SSSR count). The van der Waals surface area contributed by atoms with Crippen LogP contribution in [0.3, 0.4) is 0 Å². The summed E-state index contributed by atoms with van der Waals surface area (Å²) in [5.41, 5.74) is 0.154. The van der Waals surface area contributed by atoms with E-state index in [1.54, 1.807) is 0 Å². The van der Waals surface area contributed by atoms with Crippen molar-refractivity contribution in [1.82, 2.24) is 10.6 Å². The molecule has 0 unspecified atom stereocenters. The van der Waals surface area contributed by atoms with Crippen molar-refractivity contribution in [3.8, 4) is 0 Å². The van der Waals surface area contributed by atoms with Crippen molar-refractivity contribution >= 4 is 17.8 Å². The third-order valence-corrected chi connectivity index (χ3v) is 2.16. The predicted molar refractivity (Wildman–Crippen MR) is 60.2 cm³/mol. The van der Waals surface area contributed by atoms with E-state index in [0.717, 1.165) is 0 Å². The first-order valence-electron chi connectivity index (χ1n) is 4.82. The minimum Gasteiger partial charge on any atom is -0.478 e. The quantitative estimate of drug-likeness (QED) is 0.693. The van der Waals surface area contributed by atoms with Gasteiger partial charge in [0.25, 0.3) is 11.8 Å². The van der Waals surface area contributed by atoms with E-state index >= 15 is 0 Å². The van der Waals surface area contributed by atoms with Gasteiger partial charge in [0.15, 0.2) is 0 Å². The fourth-order valence-electron chi connectivity index (χ4n) is 1.30. The van der Waals surface area contributed by atoms with Crippen LogP contribution in [0.2, 0.25) is 0 Å². The van der Waals surface area contributed by atoms with Crippen LogP contribution in [-0.4, -0.2) is 37.0 Å². The standard InChI is InChI=1S/C11H12N2O4/c1-12-9(14)6-3-7(10(15)13-2)5-8(4-6)11(16)17/h3-5H,1-2H3,(H,12,14)(H,13,15)(H,16,17). The summed E-state index contributed by atoms with van der Waals surface area (Å²) < 4.78 is 0. The summed E-state index contributed by atoms with van der Waals surface area (Å²) in [7, 11) is 2.85. The molecular formula is C11H12N2O4. The first-order chi connectivity index (χ1) is 7.99. The lowest BCUT2D eigenvalue weighted by Crippen LogP contribution is -2.22. The Morgan fingerprint density at radius 3 is 1.53 bits per heavy atom. The number of rotatable bonds is 3. The van der Waals surface area contributed by atoms with E-state index in [2.05, 4.69) is 10.6 Å². The topological polar surface area (TPSA) is 95.5 Å². The predicted octanol–water partition coefficient (Wildman–Crippen LogP) is 0.104. The molecule has 0 radical (unpaired) electrons. The van der Waals surface area contributed by atoms with E-state index in [4.69, 9.17) is 5.11 Å². The third-order valence-electron chi connectivity index (χ3n) is 2.16. The Hall–Kier alpha value is -2.37. The Bertz CT molecular complexity index is 448. The molecule has 0 atom stereocenters. The van der Waals surface area contributed by atoms with Gasteiger partial charge in [0.2, 0.25) is 0 Å². The number of nitrogens with one attached hydrogen (secondary N) is 2. The Balaban J connectivity index is 3.33. The minimum absolute atomic E-state index is 0.107. The van der Waals surface area contributed by atoms with Crippen LogP contribution < -0.4 is 10.6 Å². The number of carboxylic acids is 1. The molecule has 0 saturated heterocycles. The van der Waals surface area contributed by atoms with E-state index in [1.165, 1.54) is 32.3 Å². The second-order valence-corrected chi connectivity index (χ2v) is 3.26. The molecule has 17 heavy (non-hydrogen) atoms. The maximum atomic E-state index is 11.4. The summed E-state index contributed by atoms with van der Waals surface area (Å²) in [6.45, 7) is 0. The molecule has 0 heterocycles. The van der Waals surface area contributed by atoms with Crippen LogP contribution in [-0.2, 0) is 0 Å². The molecule has 0 aliphatic heterocycles.